The molecule has 5 nitrogen and oxygen atoms in total. The van der Waals surface area contributed by atoms with E-state index in [2.05, 4.69) is 32.7 Å². The minimum Gasteiger partial charge on any atom is -0.340 e. The van der Waals surface area contributed by atoms with Crippen LogP contribution in [0.5, 0.6) is 0 Å². The van der Waals surface area contributed by atoms with Gasteiger partial charge >= 0.3 is 0 Å². The third-order valence-electron chi connectivity index (χ3n) is 3.41. The molecule has 0 aliphatic heterocycles. The standard InChI is InChI=1S/C19H17N5/c1-13-4-3-5-17(10-13)24-19-11-18(21-14(2)22-19)23-16-8-6-15(12-20)7-9-16/h3-11H,1-2H3,(H2,21,22,23,24). The van der Waals surface area contributed by atoms with E-state index in [0.29, 0.717) is 17.2 Å². The average Bonchev–Trinajstić information content (AvgIpc) is 2.55. The smallest absolute Gasteiger partial charge is 0.136 e. The molecular formula is C19H17N5. The molecule has 0 radical (unpaired) electrons. The van der Waals surface area contributed by atoms with Gasteiger partial charge in [-0.2, -0.15) is 5.26 Å². The summed E-state index contributed by atoms with van der Waals surface area (Å²) in [6.07, 6.45) is 0. The molecule has 0 aliphatic rings. The number of nitrogens with one attached hydrogen (secondary N) is 2. The van der Waals surface area contributed by atoms with Crippen LogP contribution in [0.1, 0.15) is 17.0 Å². The molecular weight excluding hydrogens is 298 g/mol. The van der Waals surface area contributed by atoms with E-state index in [-0.39, 0.29) is 0 Å². The second-order valence-electron chi connectivity index (χ2n) is 5.49. The van der Waals surface area contributed by atoms with Crippen LogP contribution in [0.2, 0.25) is 0 Å². The van der Waals surface area contributed by atoms with Crippen LogP contribution in [0.3, 0.4) is 0 Å². The van der Waals surface area contributed by atoms with Gasteiger partial charge in [0.1, 0.15) is 17.5 Å². The van der Waals surface area contributed by atoms with Crippen molar-refractivity contribution in [3.8, 4) is 6.07 Å². The van der Waals surface area contributed by atoms with Crippen molar-refractivity contribution < 1.29 is 0 Å². The lowest BCUT2D eigenvalue weighted by Crippen LogP contribution is -2.01. The summed E-state index contributed by atoms with van der Waals surface area (Å²) in [6.45, 7) is 3.90. The fraction of sp³-hybridized carbons (Fsp3) is 0.105. The van der Waals surface area contributed by atoms with Gasteiger partial charge in [0.15, 0.2) is 0 Å². The number of aromatic nitrogens is 2. The Bertz CT molecular complexity index is 894. The lowest BCUT2D eigenvalue weighted by atomic mass is 10.2. The zero-order chi connectivity index (χ0) is 16.9. The fourth-order valence-electron chi connectivity index (χ4n) is 2.34. The number of rotatable bonds is 4. The molecule has 1 aromatic heterocycles. The Balaban J connectivity index is 1.81. The summed E-state index contributed by atoms with van der Waals surface area (Å²) in [5, 5.41) is 15.4. The van der Waals surface area contributed by atoms with Crippen molar-refractivity contribution in [2.24, 2.45) is 0 Å². The number of nitriles is 1. The van der Waals surface area contributed by atoms with E-state index in [1.54, 1.807) is 12.1 Å². The van der Waals surface area contributed by atoms with Crippen LogP contribution >= 0.6 is 0 Å². The van der Waals surface area contributed by atoms with E-state index in [4.69, 9.17) is 5.26 Å². The zero-order valence-electron chi connectivity index (χ0n) is 13.5. The van der Waals surface area contributed by atoms with Gasteiger partial charge in [-0.3, -0.25) is 0 Å². The first-order chi connectivity index (χ1) is 11.6. The molecule has 0 aliphatic carbocycles. The summed E-state index contributed by atoms with van der Waals surface area (Å²) in [5.41, 5.74) is 3.66. The fourth-order valence-corrected chi connectivity index (χ4v) is 2.34. The molecule has 3 rings (SSSR count). The molecule has 3 aromatic rings. The quantitative estimate of drug-likeness (QED) is 0.744. The van der Waals surface area contributed by atoms with Crippen LogP contribution in [0.25, 0.3) is 0 Å². The monoisotopic (exact) mass is 315 g/mol. The Morgan fingerprint density at radius 3 is 2.12 bits per heavy atom. The summed E-state index contributed by atoms with van der Waals surface area (Å²) in [4.78, 5) is 8.83. The van der Waals surface area contributed by atoms with E-state index >= 15 is 0 Å². The van der Waals surface area contributed by atoms with Gasteiger partial charge in [-0.05, 0) is 55.8 Å². The highest BCUT2D eigenvalue weighted by atomic mass is 15.1. The Morgan fingerprint density at radius 1 is 0.833 bits per heavy atom. The Hall–Kier alpha value is -3.39. The van der Waals surface area contributed by atoms with Crippen LogP contribution in [0.15, 0.2) is 54.6 Å². The van der Waals surface area contributed by atoms with Crippen molar-refractivity contribution >= 4 is 23.0 Å². The van der Waals surface area contributed by atoms with Gasteiger partial charge in [0.2, 0.25) is 0 Å². The highest BCUT2D eigenvalue weighted by Crippen LogP contribution is 2.21. The van der Waals surface area contributed by atoms with Gasteiger partial charge in [-0.15, -0.1) is 0 Å². The molecule has 24 heavy (non-hydrogen) atoms. The maximum absolute atomic E-state index is 8.85. The molecule has 1 heterocycles. The first-order valence-corrected chi connectivity index (χ1v) is 7.59. The van der Waals surface area contributed by atoms with Gasteiger partial charge in [0.25, 0.3) is 0 Å². The Labute approximate surface area is 141 Å². The van der Waals surface area contributed by atoms with Crippen molar-refractivity contribution in [1.29, 1.82) is 5.26 Å². The maximum Gasteiger partial charge on any atom is 0.136 e. The van der Waals surface area contributed by atoms with Gasteiger partial charge < -0.3 is 10.6 Å². The molecule has 0 atom stereocenters. The van der Waals surface area contributed by atoms with E-state index in [9.17, 15) is 0 Å². The third kappa shape index (κ3) is 3.87. The van der Waals surface area contributed by atoms with Gasteiger partial charge in [0.05, 0.1) is 11.6 Å². The molecule has 2 N–H and O–H groups in total. The molecule has 0 saturated heterocycles. The van der Waals surface area contributed by atoms with Crippen LogP contribution in [-0.4, -0.2) is 9.97 Å². The number of nitrogens with zero attached hydrogens (tertiary/aromatic N) is 3. The molecule has 0 saturated carbocycles. The zero-order valence-corrected chi connectivity index (χ0v) is 13.5. The van der Waals surface area contributed by atoms with Crippen LogP contribution in [0, 0.1) is 25.2 Å². The van der Waals surface area contributed by atoms with Crippen LogP contribution in [-0.2, 0) is 0 Å². The summed E-state index contributed by atoms with van der Waals surface area (Å²) in [6, 6.07) is 19.3. The van der Waals surface area contributed by atoms with Crippen LogP contribution in [0.4, 0.5) is 23.0 Å². The summed E-state index contributed by atoms with van der Waals surface area (Å²) < 4.78 is 0. The molecule has 0 bridgehead atoms. The van der Waals surface area contributed by atoms with Crippen molar-refractivity contribution in [2.75, 3.05) is 10.6 Å². The van der Waals surface area contributed by atoms with Crippen molar-refractivity contribution in [3.63, 3.8) is 0 Å². The van der Waals surface area contributed by atoms with Crippen molar-refractivity contribution in [1.82, 2.24) is 9.97 Å². The molecule has 0 fully saturated rings. The molecule has 0 spiro atoms. The van der Waals surface area contributed by atoms with E-state index < -0.39 is 0 Å². The molecule has 0 unspecified atom stereocenters. The van der Waals surface area contributed by atoms with Gasteiger partial charge in [0, 0.05) is 17.4 Å². The minimum atomic E-state index is 0.626. The number of hydrogen-bond acceptors (Lipinski definition) is 5. The molecule has 118 valence electrons. The topological polar surface area (TPSA) is 73.6 Å². The largest absolute Gasteiger partial charge is 0.340 e. The van der Waals surface area contributed by atoms with E-state index in [0.717, 1.165) is 17.2 Å². The van der Waals surface area contributed by atoms with Crippen molar-refractivity contribution in [2.45, 2.75) is 13.8 Å². The third-order valence-corrected chi connectivity index (χ3v) is 3.41. The predicted molar refractivity (Wildman–Crippen MR) is 95.7 cm³/mol. The highest BCUT2D eigenvalue weighted by Gasteiger charge is 2.04. The lowest BCUT2D eigenvalue weighted by Gasteiger charge is -2.10. The highest BCUT2D eigenvalue weighted by molar-refractivity contribution is 5.63. The predicted octanol–water partition coefficient (Wildman–Crippen LogP) is 4.45. The first-order valence-electron chi connectivity index (χ1n) is 7.59. The second kappa shape index (κ2) is 6.80. The molecule has 0 amide bonds. The van der Waals surface area contributed by atoms with Crippen molar-refractivity contribution in [3.05, 3.63) is 71.5 Å². The lowest BCUT2D eigenvalue weighted by molar-refractivity contribution is 1.06. The number of anilines is 4. The summed E-state index contributed by atoms with van der Waals surface area (Å²) >= 11 is 0. The molecule has 2 aromatic carbocycles. The van der Waals surface area contributed by atoms with Gasteiger partial charge in [-0.25, -0.2) is 9.97 Å². The Morgan fingerprint density at radius 2 is 1.50 bits per heavy atom. The SMILES string of the molecule is Cc1cccc(Nc2cc(Nc3ccc(C#N)cc3)nc(C)n2)c1. The van der Waals surface area contributed by atoms with E-state index in [1.807, 2.05) is 50.2 Å². The summed E-state index contributed by atoms with van der Waals surface area (Å²) in [5.74, 6) is 2.09. The van der Waals surface area contributed by atoms with E-state index in [1.165, 1.54) is 5.56 Å². The first kappa shape index (κ1) is 15.5. The Kier molecular flexibility index (Phi) is 4.39. The maximum atomic E-state index is 8.85. The summed E-state index contributed by atoms with van der Waals surface area (Å²) in [7, 11) is 0. The number of aryl methyl sites for hydroxylation is 2. The molecule has 5 heteroatoms. The van der Waals surface area contributed by atoms with Gasteiger partial charge in [-0.1, -0.05) is 12.1 Å². The number of benzene rings is 2. The minimum absolute atomic E-state index is 0.626. The van der Waals surface area contributed by atoms with Crippen LogP contribution < -0.4 is 10.6 Å². The number of hydrogen-bond donors (Lipinski definition) is 2. The average molecular weight is 315 g/mol. The normalized spacial score (nSPS) is 10.0. The second-order valence-corrected chi connectivity index (χ2v) is 5.49.